The fourth-order valence-electron chi connectivity index (χ4n) is 5.14. The molecule has 0 radical (unpaired) electrons. The molecule has 0 nitrogen and oxygen atoms in total. The molecule has 25 heavy (non-hydrogen) atoms. The molecule has 0 heterocycles. The Labute approximate surface area is 152 Å². The van der Waals surface area contributed by atoms with Crippen molar-refractivity contribution in [2.45, 2.75) is 84.5 Å². The van der Waals surface area contributed by atoms with Gasteiger partial charge in [0, 0.05) is 0 Å². The predicted molar refractivity (Wildman–Crippen MR) is 101 cm³/mol. The van der Waals surface area contributed by atoms with Crippen molar-refractivity contribution >= 4 is 0 Å². The van der Waals surface area contributed by atoms with E-state index in [0.717, 1.165) is 17.8 Å². The normalized spacial score (nSPS) is 30.6. The first-order valence-electron chi connectivity index (χ1n) is 10.4. The number of hydrogen-bond acceptors (Lipinski definition) is 0. The number of benzene rings is 1. The van der Waals surface area contributed by atoms with Gasteiger partial charge in [-0.3, -0.25) is 0 Å². The van der Waals surface area contributed by atoms with Gasteiger partial charge in [-0.05, 0) is 85.7 Å². The third-order valence-electron chi connectivity index (χ3n) is 6.94. The standard InChI is InChI=1S/C23H34F2/c1-15(2)21-13-12-20(22(24)23(21)25)14-17-6-10-19(11-7-17)18-8-4-16(3)5-9-18/h12-13,15-19H,4-11,14H2,1-3H3. The molecule has 2 fully saturated rings. The minimum absolute atomic E-state index is 0.0252. The molecule has 0 bridgehead atoms. The maximum Gasteiger partial charge on any atom is 0.162 e. The molecule has 1 aromatic carbocycles. The van der Waals surface area contributed by atoms with Crippen LogP contribution in [-0.2, 0) is 6.42 Å². The molecule has 3 rings (SSSR count). The van der Waals surface area contributed by atoms with Crippen molar-refractivity contribution in [1.29, 1.82) is 0 Å². The summed E-state index contributed by atoms with van der Waals surface area (Å²) in [5.41, 5.74) is 1.08. The summed E-state index contributed by atoms with van der Waals surface area (Å²) in [5.74, 6) is 2.05. The maximum absolute atomic E-state index is 14.4. The summed E-state index contributed by atoms with van der Waals surface area (Å²) in [6.07, 6.45) is 11.3. The van der Waals surface area contributed by atoms with Crippen LogP contribution in [0.25, 0.3) is 0 Å². The highest BCUT2D eigenvalue weighted by Gasteiger charge is 2.30. The number of halogens is 2. The Kier molecular flexibility index (Phi) is 6.17. The van der Waals surface area contributed by atoms with E-state index in [0.29, 0.717) is 23.5 Å². The molecule has 140 valence electrons. The summed E-state index contributed by atoms with van der Waals surface area (Å²) >= 11 is 0. The second-order valence-corrected chi connectivity index (χ2v) is 9.10. The van der Waals surface area contributed by atoms with E-state index >= 15 is 0 Å². The third kappa shape index (κ3) is 4.44. The molecule has 0 aliphatic heterocycles. The minimum atomic E-state index is -0.627. The zero-order valence-corrected chi connectivity index (χ0v) is 16.2. The Balaban J connectivity index is 1.55. The van der Waals surface area contributed by atoms with Crippen molar-refractivity contribution in [2.75, 3.05) is 0 Å². The van der Waals surface area contributed by atoms with Gasteiger partial charge in [0.15, 0.2) is 11.6 Å². The van der Waals surface area contributed by atoms with Gasteiger partial charge in [0.05, 0.1) is 0 Å². The first-order valence-corrected chi connectivity index (χ1v) is 10.4. The van der Waals surface area contributed by atoms with E-state index in [1.165, 1.54) is 51.4 Å². The van der Waals surface area contributed by atoms with E-state index in [1.807, 2.05) is 19.9 Å². The van der Waals surface area contributed by atoms with Gasteiger partial charge in [0.1, 0.15) is 0 Å². The second-order valence-electron chi connectivity index (χ2n) is 9.10. The van der Waals surface area contributed by atoms with Crippen LogP contribution in [0.2, 0.25) is 0 Å². The fourth-order valence-corrected chi connectivity index (χ4v) is 5.14. The van der Waals surface area contributed by atoms with Gasteiger partial charge in [-0.1, -0.05) is 45.7 Å². The Morgan fingerprint density at radius 3 is 1.96 bits per heavy atom. The highest BCUT2D eigenvalue weighted by molar-refractivity contribution is 5.28. The SMILES string of the molecule is CC1CCC(C2CCC(Cc3ccc(C(C)C)c(F)c3F)CC2)CC1. The number of hydrogen-bond donors (Lipinski definition) is 0. The Hall–Kier alpha value is -0.920. The van der Waals surface area contributed by atoms with Gasteiger partial charge >= 0.3 is 0 Å². The topological polar surface area (TPSA) is 0 Å². The van der Waals surface area contributed by atoms with Gasteiger partial charge in [-0.25, -0.2) is 8.78 Å². The van der Waals surface area contributed by atoms with E-state index in [2.05, 4.69) is 6.92 Å². The van der Waals surface area contributed by atoms with Crippen molar-refractivity contribution in [3.05, 3.63) is 34.9 Å². The van der Waals surface area contributed by atoms with E-state index in [-0.39, 0.29) is 5.92 Å². The molecule has 2 aliphatic carbocycles. The van der Waals surface area contributed by atoms with Crippen LogP contribution in [0.1, 0.15) is 89.2 Å². The molecule has 1 aromatic rings. The highest BCUT2D eigenvalue weighted by atomic mass is 19.2. The first-order chi connectivity index (χ1) is 12.0. The van der Waals surface area contributed by atoms with Crippen molar-refractivity contribution in [2.24, 2.45) is 23.7 Å². The van der Waals surface area contributed by atoms with E-state index in [1.54, 1.807) is 6.07 Å². The summed E-state index contributed by atoms with van der Waals surface area (Å²) in [6, 6.07) is 3.61. The van der Waals surface area contributed by atoms with Crippen molar-refractivity contribution < 1.29 is 8.78 Å². The molecular formula is C23H34F2. The van der Waals surface area contributed by atoms with Gasteiger partial charge in [-0.15, -0.1) is 0 Å². The molecule has 0 unspecified atom stereocenters. The van der Waals surface area contributed by atoms with Crippen LogP contribution >= 0.6 is 0 Å². The molecule has 2 aliphatic rings. The lowest BCUT2D eigenvalue weighted by atomic mass is 9.69. The van der Waals surface area contributed by atoms with Crippen molar-refractivity contribution in [3.8, 4) is 0 Å². The molecule has 2 saturated carbocycles. The van der Waals surface area contributed by atoms with Crippen LogP contribution in [0, 0.1) is 35.3 Å². The fraction of sp³-hybridized carbons (Fsp3) is 0.739. The average molecular weight is 349 g/mol. The lowest BCUT2D eigenvalue weighted by molar-refractivity contribution is 0.150. The van der Waals surface area contributed by atoms with E-state index < -0.39 is 11.6 Å². The molecule has 2 heteroatoms. The zero-order valence-electron chi connectivity index (χ0n) is 16.2. The summed E-state index contributed by atoms with van der Waals surface area (Å²) in [4.78, 5) is 0. The molecular weight excluding hydrogens is 314 g/mol. The Bertz CT molecular complexity index is 562. The lowest BCUT2D eigenvalue weighted by Gasteiger charge is -2.37. The van der Waals surface area contributed by atoms with Crippen LogP contribution in [0.3, 0.4) is 0 Å². The van der Waals surface area contributed by atoms with Crippen LogP contribution in [0.4, 0.5) is 8.78 Å². The largest absolute Gasteiger partial charge is 0.203 e. The minimum Gasteiger partial charge on any atom is -0.203 e. The van der Waals surface area contributed by atoms with Crippen molar-refractivity contribution in [1.82, 2.24) is 0 Å². The predicted octanol–water partition coefficient (Wildman–Crippen LogP) is 7.26. The third-order valence-corrected chi connectivity index (χ3v) is 6.94. The molecule has 0 aromatic heterocycles. The second kappa shape index (κ2) is 8.18. The Morgan fingerprint density at radius 2 is 1.40 bits per heavy atom. The van der Waals surface area contributed by atoms with E-state index in [4.69, 9.17) is 0 Å². The van der Waals surface area contributed by atoms with Gasteiger partial charge in [0.2, 0.25) is 0 Å². The smallest absolute Gasteiger partial charge is 0.162 e. The summed E-state index contributed by atoms with van der Waals surface area (Å²) in [7, 11) is 0. The average Bonchev–Trinajstić information content (AvgIpc) is 2.60. The monoisotopic (exact) mass is 348 g/mol. The maximum atomic E-state index is 14.4. The number of rotatable bonds is 4. The molecule has 0 amide bonds. The quantitative estimate of drug-likeness (QED) is 0.537. The molecule has 0 spiro atoms. The van der Waals surface area contributed by atoms with Gasteiger partial charge in [-0.2, -0.15) is 0 Å². The van der Waals surface area contributed by atoms with Crippen LogP contribution in [-0.4, -0.2) is 0 Å². The first kappa shape index (κ1) is 18.9. The highest BCUT2D eigenvalue weighted by Crippen LogP contribution is 2.42. The van der Waals surface area contributed by atoms with Crippen LogP contribution in [0.5, 0.6) is 0 Å². The van der Waals surface area contributed by atoms with Gasteiger partial charge < -0.3 is 0 Å². The Morgan fingerprint density at radius 1 is 0.840 bits per heavy atom. The summed E-state index contributed by atoms with van der Waals surface area (Å²) in [6.45, 7) is 6.20. The summed E-state index contributed by atoms with van der Waals surface area (Å²) in [5, 5.41) is 0. The molecule has 0 saturated heterocycles. The van der Waals surface area contributed by atoms with Crippen molar-refractivity contribution in [3.63, 3.8) is 0 Å². The summed E-state index contributed by atoms with van der Waals surface area (Å²) < 4.78 is 28.6. The molecule has 0 atom stereocenters. The van der Waals surface area contributed by atoms with E-state index in [9.17, 15) is 8.78 Å². The zero-order chi connectivity index (χ0) is 18.0. The lowest BCUT2D eigenvalue weighted by Crippen LogP contribution is -2.26. The van der Waals surface area contributed by atoms with Gasteiger partial charge in [0.25, 0.3) is 0 Å². The van der Waals surface area contributed by atoms with Crippen LogP contribution < -0.4 is 0 Å². The molecule has 0 N–H and O–H groups in total. The van der Waals surface area contributed by atoms with Crippen LogP contribution in [0.15, 0.2) is 12.1 Å².